The van der Waals surface area contributed by atoms with E-state index in [4.69, 9.17) is 11.6 Å². The largest absolute Gasteiger partial charge is 0.366 e. The summed E-state index contributed by atoms with van der Waals surface area (Å²) in [7, 11) is 0. The number of hydrogen-bond donors (Lipinski definition) is 0. The summed E-state index contributed by atoms with van der Waals surface area (Å²) < 4.78 is 0. The van der Waals surface area contributed by atoms with E-state index in [0.29, 0.717) is 6.04 Å². The van der Waals surface area contributed by atoms with Crippen LogP contribution in [-0.4, -0.2) is 36.6 Å². The second-order valence-corrected chi connectivity index (χ2v) is 6.51. The Morgan fingerprint density at radius 1 is 1.21 bits per heavy atom. The van der Waals surface area contributed by atoms with Gasteiger partial charge in [0.05, 0.1) is 0 Å². The predicted octanol–water partition coefficient (Wildman–Crippen LogP) is 3.71. The number of nitrogens with zero attached hydrogens (tertiary/aromatic N) is 2. The molecule has 104 valence electrons. The Kier molecular flexibility index (Phi) is 3.72. The zero-order valence-corrected chi connectivity index (χ0v) is 12.7. The van der Waals surface area contributed by atoms with E-state index in [-0.39, 0.29) is 0 Å². The summed E-state index contributed by atoms with van der Waals surface area (Å²) >= 11 is 6.18. The van der Waals surface area contributed by atoms with Crippen LogP contribution >= 0.6 is 11.6 Å². The predicted molar refractivity (Wildman–Crippen MR) is 82.2 cm³/mol. The zero-order chi connectivity index (χ0) is 13.4. The molecule has 0 radical (unpaired) electrons. The minimum absolute atomic E-state index is 0.575. The number of anilines is 1. The third-order valence-electron chi connectivity index (χ3n) is 4.67. The van der Waals surface area contributed by atoms with Crippen molar-refractivity contribution in [2.75, 3.05) is 24.5 Å². The summed E-state index contributed by atoms with van der Waals surface area (Å²) in [6.07, 6.45) is 4.11. The van der Waals surface area contributed by atoms with Gasteiger partial charge in [-0.1, -0.05) is 24.1 Å². The Labute approximate surface area is 121 Å². The van der Waals surface area contributed by atoms with Crippen molar-refractivity contribution < 1.29 is 0 Å². The molecule has 2 fully saturated rings. The molecule has 2 nitrogen and oxygen atoms in total. The van der Waals surface area contributed by atoms with Gasteiger partial charge in [-0.2, -0.15) is 0 Å². The van der Waals surface area contributed by atoms with Crippen LogP contribution in [-0.2, 0) is 0 Å². The van der Waals surface area contributed by atoms with E-state index in [0.717, 1.165) is 17.6 Å². The lowest BCUT2D eigenvalue weighted by Crippen LogP contribution is -2.59. The Bertz CT molecular complexity index is 460. The van der Waals surface area contributed by atoms with Crippen LogP contribution in [0.15, 0.2) is 18.2 Å². The molecule has 0 saturated carbocycles. The fourth-order valence-electron chi connectivity index (χ4n) is 3.58. The Hall–Kier alpha value is -0.730. The maximum absolute atomic E-state index is 6.18. The van der Waals surface area contributed by atoms with Gasteiger partial charge in [0.15, 0.2) is 0 Å². The topological polar surface area (TPSA) is 6.48 Å². The third-order valence-corrected chi connectivity index (χ3v) is 4.90. The Morgan fingerprint density at radius 2 is 2.05 bits per heavy atom. The van der Waals surface area contributed by atoms with E-state index >= 15 is 0 Å². The first kappa shape index (κ1) is 13.3. The van der Waals surface area contributed by atoms with Gasteiger partial charge in [0, 0.05) is 35.9 Å². The van der Waals surface area contributed by atoms with Gasteiger partial charge < -0.3 is 4.90 Å². The number of piperazine rings is 1. The summed E-state index contributed by atoms with van der Waals surface area (Å²) in [6, 6.07) is 7.57. The van der Waals surface area contributed by atoms with E-state index < -0.39 is 0 Å². The highest BCUT2D eigenvalue weighted by Crippen LogP contribution is 2.31. The minimum atomic E-state index is 0.575. The average Bonchev–Trinajstić information content (AvgIpc) is 2.41. The molecule has 2 unspecified atom stereocenters. The molecule has 0 aromatic heterocycles. The lowest BCUT2D eigenvalue weighted by atomic mass is 9.96. The van der Waals surface area contributed by atoms with Gasteiger partial charge in [0.2, 0.25) is 0 Å². The van der Waals surface area contributed by atoms with Gasteiger partial charge in [0.1, 0.15) is 0 Å². The van der Waals surface area contributed by atoms with Crippen LogP contribution in [0.5, 0.6) is 0 Å². The molecule has 19 heavy (non-hydrogen) atoms. The van der Waals surface area contributed by atoms with Gasteiger partial charge in [0.25, 0.3) is 0 Å². The highest BCUT2D eigenvalue weighted by atomic mass is 35.5. The van der Waals surface area contributed by atoms with Crippen molar-refractivity contribution >= 4 is 17.3 Å². The molecule has 0 bridgehead atoms. The van der Waals surface area contributed by atoms with Crippen LogP contribution in [0.1, 0.15) is 31.7 Å². The Morgan fingerprint density at radius 3 is 2.89 bits per heavy atom. The normalized spacial score (nSPS) is 28.3. The fourth-order valence-corrected chi connectivity index (χ4v) is 3.75. The van der Waals surface area contributed by atoms with Crippen molar-refractivity contribution in [3.63, 3.8) is 0 Å². The molecule has 2 aliphatic heterocycles. The second kappa shape index (κ2) is 5.34. The van der Waals surface area contributed by atoms with Crippen molar-refractivity contribution in [3.05, 3.63) is 28.8 Å². The van der Waals surface area contributed by atoms with Crippen LogP contribution in [0.4, 0.5) is 5.69 Å². The number of piperidine rings is 1. The van der Waals surface area contributed by atoms with Crippen molar-refractivity contribution in [1.29, 1.82) is 0 Å². The molecular formula is C16H23ClN2. The molecule has 1 aromatic carbocycles. The first-order valence-electron chi connectivity index (χ1n) is 7.42. The van der Waals surface area contributed by atoms with Crippen LogP contribution in [0.3, 0.4) is 0 Å². The third kappa shape index (κ3) is 2.61. The van der Waals surface area contributed by atoms with Crippen molar-refractivity contribution in [2.24, 2.45) is 0 Å². The van der Waals surface area contributed by atoms with E-state index in [1.54, 1.807) is 0 Å². The second-order valence-electron chi connectivity index (χ2n) is 6.08. The lowest BCUT2D eigenvalue weighted by Gasteiger charge is -2.48. The zero-order valence-electron chi connectivity index (χ0n) is 11.9. The van der Waals surface area contributed by atoms with E-state index in [1.807, 2.05) is 6.07 Å². The van der Waals surface area contributed by atoms with Crippen LogP contribution in [0.25, 0.3) is 0 Å². The van der Waals surface area contributed by atoms with Crippen molar-refractivity contribution in [2.45, 2.75) is 45.2 Å². The minimum Gasteiger partial charge on any atom is -0.366 e. The van der Waals surface area contributed by atoms with Crippen molar-refractivity contribution in [1.82, 2.24) is 4.90 Å². The first-order valence-corrected chi connectivity index (χ1v) is 7.80. The summed E-state index contributed by atoms with van der Waals surface area (Å²) in [5, 5.41) is 0.846. The monoisotopic (exact) mass is 278 g/mol. The summed E-state index contributed by atoms with van der Waals surface area (Å²) in [6.45, 7) is 8.16. The quantitative estimate of drug-likeness (QED) is 0.773. The molecule has 0 aliphatic carbocycles. The summed E-state index contributed by atoms with van der Waals surface area (Å²) in [5.41, 5.74) is 2.66. The van der Waals surface area contributed by atoms with Gasteiger partial charge in [-0.25, -0.2) is 0 Å². The maximum Gasteiger partial charge on any atom is 0.0426 e. The number of hydrogen-bond acceptors (Lipinski definition) is 2. The van der Waals surface area contributed by atoms with Gasteiger partial charge in [-0.3, -0.25) is 4.90 Å². The average molecular weight is 279 g/mol. The number of fused-ring (bicyclic) bond motifs is 1. The van der Waals surface area contributed by atoms with E-state index in [9.17, 15) is 0 Å². The number of rotatable bonds is 1. The summed E-state index contributed by atoms with van der Waals surface area (Å²) in [5.74, 6) is 0. The molecule has 2 atom stereocenters. The molecule has 3 heteroatoms. The van der Waals surface area contributed by atoms with Crippen LogP contribution in [0.2, 0.25) is 5.02 Å². The van der Waals surface area contributed by atoms with E-state index in [2.05, 4.69) is 35.8 Å². The molecular weight excluding hydrogens is 256 g/mol. The number of halogens is 1. The van der Waals surface area contributed by atoms with E-state index in [1.165, 1.54) is 43.6 Å². The Balaban J connectivity index is 1.85. The SMILES string of the molecule is Cc1ccc(Cl)cc1N1CC2CCCCN2CC1C. The van der Waals surface area contributed by atoms with Crippen molar-refractivity contribution in [3.8, 4) is 0 Å². The molecule has 1 aromatic rings. The smallest absolute Gasteiger partial charge is 0.0426 e. The first-order chi connectivity index (χ1) is 9.15. The molecule has 0 amide bonds. The fraction of sp³-hybridized carbons (Fsp3) is 0.625. The highest BCUT2D eigenvalue weighted by molar-refractivity contribution is 6.30. The number of aryl methyl sites for hydroxylation is 1. The van der Waals surface area contributed by atoms with Gasteiger partial charge in [-0.15, -0.1) is 0 Å². The summed E-state index contributed by atoms with van der Waals surface area (Å²) in [4.78, 5) is 5.25. The molecule has 3 rings (SSSR count). The molecule has 2 heterocycles. The van der Waals surface area contributed by atoms with Crippen LogP contribution in [0, 0.1) is 6.92 Å². The molecule has 2 saturated heterocycles. The van der Waals surface area contributed by atoms with Gasteiger partial charge in [-0.05, 0) is 50.9 Å². The highest BCUT2D eigenvalue weighted by Gasteiger charge is 2.33. The maximum atomic E-state index is 6.18. The standard InChI is InChI=1S/C16H23ClN2/c1-12-6-7-14(17)9-16(12)19-11-15-5-3-4-8-18(15)10-13(19)2/h6-7,9,13,15H,3-5,8,10-11H2,1-2H3. The number of benzene rings is 1. The van der Waals surface area contributed by atoms with Gasteiger partial charge >= 0.3 is 0 Å². The lowest BCUT2D eigenvalue weighted by molar-refractivity contribution is 0.115. The molecule has 0 N–H and O–H groups in total. The molecule has 0 spiro atoms. The molecule has 2 aliphatic rings. The van der Waals surface area contributed by atoms with Crippen LogP contribution < -0.4 is 4.90 Å².